The van der Waals surface area contributed by atoms with Crippen LogP contribution < -0.4 is 10.9 Å². The molecule has 4 N–H and O–H groups in total. The van der Waals surface area contributed by atoms with Crippen LogP contribution in [0.15, 0.2) is 24.5 Å². The highest BCUT2D eigenvalue weighted by atomic mass is 16.4. The predicted molar refractivity (Wildman–Crippen MR) is 63.1 cm³/mol. The maximum absolute atomic E-state index is 11.6. The number of aromatic nitrogens is 1. The number of aliphatic carboxylic acids is 2. The Morgan fingerprint density at radius 3 is 2.58 bits per heavy atom. The van der Waals surface area contributed by atoms with E-state index >= 15 is 0 Å². The lowest BCUT2D eigenvalue weighted by Gasteiger charge is -2.14. The van der Waals surface area contributed by atoms with Gasteiger partial charge in [-0.15, -0.1) is 0 Å². The number of rotatable bonds is 7. The summed E-state index contributed by atoms with van der Waals surface area (Å²) in [6.45, 7) is 0. The van der Waals surface area contributed by atoms with Gasteiger partial charge in [0.25, 0.3) is 5.91 Å². The summed E-state index contributed by atoms with van der Waals surface area (Å²) in [4.78, 5) is 36.5. The Bertz CT molecular complexity index is 463. The van der Waals surface area contributed by atoms with Crippen molar-refractivity contribution in [1.29, 1.82) is 0 Å². The standard InChI is InChI=1S/C11H13N3O5/c15-9(16)4-3-8(11(18)19)13-14-10(17)7-2-1-5-12-6-7/h1-2,5-6,8,13H,3-4H2,(H,14,17)(H,15,16)(H,18,19). The van der Waals surface area contributed by atoms with Crippen molar-refractivity contribution in [3.8, 4) is 0 Å². The van der Waals surface area contributed by atoms with Crippen LogP contribution in [0.2, 0.25) is 0 Å². The van der Waals surface area contributed by atoms with Crippen LogP contribution in [-0.4, -0.2) is 39.1 Å². The Labute approximate surface area is 108 Å². The van der Waals surface area contributed by atoms with E-state index in [2.05, 4.69) is 15.8 Å². The number of nitrogens with one attached hydrogen (secondary N) is 2. The minimum Gasteiger partial charge on any atom is -0.481 e. The topological polar surface area (TPSA) is 129 Å². The summed E-state index contributed by atoms with van der Waals surface area (Å²) >= 11 is 0. The van der Waals surface area contributed by atoms with Crippen LogP contribution in [0, 0.1) is 0 Å². The van der Waals surface area contributed by atoms with Crippen LogP contribution in [0.3, 0.4) is 0 Å². The van der Waals surface area contributed by atoms with Gasteiger partial charge in [-0.25, -0.2) is 5.43 Å². The number of carbonyl (C=O) groups is 3. The molecule has 0 aromatic carbocycles. The maximum Gasteiger partial charge on any atom is 0.322 e. The van der Waals surface area contributed by atoms with E-state index in [4.69, 9.17) is 10.2 Å². The SMILES string of the molecule is O=C(O)CCC(NNC(=O)c1cccnc1)C(=O)O. The molecule has 0 saturated heterocycles. The van der Waals surface area contributed by atoms with Crippen LogP contribution in [0.4, 0.5) is 0 Å². The van der Waals surface area contributed by atoms with Crippen LogP contribution in [0.1, 0.15) is 23.2 Å². The highest BCUT2D eigenvalue weighted by molar-refractivity contribution is 5.93. The molecule has 0 spiro atoms. The molecule has 1 aromatic heterocycles. The minimum absolute atomic E-state index is 0.141. The normalized spacial score (nSPS) is 11.6. The number of pyridine rings is 1. The second-order valence-corrected chi connectivity index (χ2v) is 3.66. The number of nitrogens with zero attached hydrogens (tertiary/aromatic N) is 1. The molecule has 0 aliphatic heterocycles. The highest BCUT2D eigenvalue weighted by Gasteiger charge is 2.19. The molecule has 0 aliphatic rings. The molecule has 0 saturated carbocycles. The number of amides is 1. The zero-order valence-electron chi connectivity index (χ0n) is 9.87. The number of hydrogen-bond acceptors (Lipinski definition) is 5. The number of hydrazine groups is 1. The molecule has 1 amide bonds. The van der Waals surface area contributed by atoms with Gasteiger partial charge < -0.3 is 10.2 Å². The number of hydrogen-bond donors (Lipinski definition) is 4. The monoisotopic (exact) mass is 267 g/mol. The zero-order valence-corrected chi connectivity index (χ0v) is 9.87. The number of carboxylic acid groups (broad SMARTS) is 2. The lowest BCUT2D eigenvalue weighted by atomic mass is 10.2. The maximum atomic E-state index is 11.6. The van der Waals surface area contributed by atoms with Crippen LogP contribution in [0.25, 0.3) is 0 Å². The van der Waals surface area contributed by atoms with Crippen molar-refractivity contribution >= 4 is 17.8 Å². The molecule has 0 fully saturated rings. The third kappa shape index (κ3) is 5.13. The van der Waals surface area contributed by atoms with Gasteiger partial charge in [0.15, 0.2) is 0 Å². The van der Waals surface area contributed by atoms with Crippen molar-refractivity contribution in [3.05, 3.63) is 30.1 Å². The average Bonchev–Trinajstić information content (AvgIpc) is 2.38. The lowest BCUT2D eigenvalue weighted by molar-refractivity contribution is -0.140. The minimum atomic E-state index is -1.24. The third-order valence-electron chi connectivity index (χ3n) is 2.23. The van der Waals surface area contributed by atoms with Gasteiger partial charge >= 0.3 is 11.9 Å². The van der Waals surface area contributed by atoms with E-state index in [1.54, 1.807) is 6.07 Å². The second-order valence-electron chi connectivity index (χ2n) is 3.66. The first-order valence-electron chi connectivity index (χ1n) is 5.41. The molecular weight excluding hydrogens is 254 g/mol. The van der Waals surface area contributed by atoms with E-state index < -0.39 is 23.9 Å². The van der Waals surface area contributed by atoms with E-state index in [1.807, 2.05) is 0 Å². The molecule has 0 aliphatic carbocycles. The van der Waals surface area contributed by atoms with E-state index in [1.165, 1.54) is 18.5 Å². The fourth-order valence-corrected chi connectivity index (χ4v) is 1.25. The number of carboxylic acids is 2. The summed E-state index contributed by atoms with van der Waals surface area (Å²) in [7, 11) is 0. The summed E-state index contributed by atoms with van der Waals surface area (Å²) in [5.41, 5.74) is 4.75. The Hall–Kier alpha value is -2.48. The van der Waals surface area contributed by atoms with Crippen LogP contribution in [-0.2, 0) is 9.59 Å². The van der Waals surface area contributed by atoms with Crippen molar-refractivity contribution < 1.29 is 24.6 Å². The molecule has 1 aromatic rings. The van der Waals surface area contributed by atoms with Gasteiger partial charge in [-0.05, 0) is 18.6 Å². The third-order valence-corrected chi connectivity index (χ3v) is 2.23. The van der Waals surface area contributed by atoms with E-state index in [9.17, 15) is 14.4 Å². The molecule has 1 atom stereocenters. The smallest absolute Gasteiger partial charge is 0.322 e. The van der Waals surface area contributed by atoms with Crippen molar-refractivity contribution in [2.24, 2.45) is 0 Å². The summed E-state index contributed by atoms with van der Waals surface area (Å²) in [5.74, 6) is -2.89. The molecule has 8 nitrogen and oxygen atoms in total. The Morgan fingerprint density at radius 2 is 2.05 bits per heavy atom. The van der Waals surface area contributed by atoms with Crippen LogP contribution in [0.5, 0.6) is 0 Å². The Morgan fingerprint density at radius 1 is 1.32 bits per heavy atom. The largest absolute Gasteiger partial charge is 0.481 e. The molecule has 0 radical (unpaired) electrons. The van der Waals surface area contributed by atoms with Gasteiger partial charge in [-0.1, -0.05) is 0 Å². The molecule has 8 heteroatoms. The molecule has 1 unspecified atom stereocenters. The van der Waals surface area contributed by atoms with E-state index in [-0.39, 0.29) is 18.4 Å². The molecule has 19 heavy (non-hydrogen) atoms. The average molecular weight is 267 g/mol. The second kappa shape index (κ2) is 7.07. The Kier molecular flexibility index (Phi) is 5.42. The van der Waals surface area contributed by atoms with Crippen molar-refractivity contribution in [2.45, 2.75) is 18.9 Å². The zero-order chi connectivity index (χ0) is 14.3. The Balaban J connectivity index is 2.50. The van der Waals surface area contributed by atoms with Gasteiger partial charge in [-0.3, -0.25) is 24.8 Å². The highest BCUT2D eigenvalue weighted by Crippen LogP contribution is 1.98. The molecule has 1 rings (SSSR count). The van der Waals surface area contributed by atoms with Crippen LogP contribution >= 0.6 is 0 Å². The first-order valence-corrected chi connectivity index (χ1v) is 5.41. The van der Waals surface area contributed by atoms with Gasteiger partial charge in [0.2, 0.25) is 0 Å². The summed E-state index contributed by atoms with van der Waals surface area (Å²) in [5, 5.41) is 17.3. The van der Waals surface area contributed by atoms with Gasteiger partial charge in [0, 0.05) is 18.8 Å². The molecular formula is C11H13N3O5. The van der Waals surface area contributed by atoms with Crippen molar-refractivity contribution in [1.82, 2.24) is 15.8 Å². The first-order chi connectivity index (χ1) is 9.00. The van der Waals surface area contributed by atoms with Gasteiger partial charge in [0.05, 0.1) is 5.56 Å². The fourth-order valence-electron chi connectivity index (χ4n) is 1.25. The van der Waals surface area contributed by atoms with Gasteiger partial charge in [-0.2, -0.15) is 0 Å². The van der Waals surface area contributed by atoms with Crippen molar-refractivity contribution in [2.75, 3.05) is 0 Å². The summed E-state index contributed by atoms with van der Waals surface area (Å²) in [6.07, 6.45) is 2.37. The quantitative estimate of drug-likeness (QED) is 0.496. The fraction of sp³-hybridized carbons (Fsp3) is 0.273. The summed E-state index contributed by atoms with van der Waals surface area (Å²) in [6, 6.07) is 1.90. The van der Waals surface area contributed by atoms with Gasteiger partial charge in [0.1, 0.15) is 6.04 Å². The van der Waals surface area contributed by atoms with Crippen molar-refractivity contribution in [3.63, 3.8) is 0 Å². The first kappa shape index (κ1) is 14.6. The van der Waals surface area contributed by atoms with E-state index in [0.717, 1.165) is 0 Å². The molecule has 0 bridgehead atoms. The van der Waals surface area contributed by atoms with E-state index in [0.29, 0.717) is 0 Å². The molecule has 102 valence electrons. The number of carbonyl (C=O) groups excluding carboxylic acids is 1. The molecule has 1 heterocycles. The predicted octanol–water partition coefficient (Wildman–Crippen LogP) is -0.366. The lowest BCUT2D eigenvalue weighted by Crippen LogP contribution is -2.48. The summed E-state index contributed by atoms with van der Waals surface area (Å²) < 4.78 is 0.